The van der Waals surface area contributed by atoms with Crippen LogP contribution >= 0.6 is 0 Å². The minimum atomic E-state index is -0.0208. The summed E-state index contributed by atoms with van der Waals surface area (Å²) in [6.45, 7) is 0. The minimum absolute atomic E-state index is 0.0208. The molecule has 1 aliphatic heterocycles. The second-order valence-electron chi connectivity index (χ2n) is 4.67. The van der Waals surface area contributed by atoms with E-state index in [1.165, 1.54) is 6.42 Å². The van der Waals surface area contributed by atoms with Gasteiger partial charge < -0.3 is 9.84 Å². The van der Waals surface area contributed by atoms with Gasteiger partial charge >= 0.3 is 0 Å². The van der Waals surface area contributed by atoms with Crippen LogP contribution in [0, 0.1) is 23.7 Å². The molecule has 0 spiro atoms. The maximum Gasteiger partial charge on any atom is 0.0900 e. The molecule has 5 rings (SSSR count). The van der Waals surface area contributed by atoms with Crippen molar-refractivity contribution in [3.05, 3.63) is 0 Å². The van der Waals surface area contributed by atoms with E-state index in [9.17, 15) is 5.11 Å². The van der Waals surface area contributed by atoms with Crippen LogP contribution in [0.15, 0.2) is 0 Å². The molecule has 1 saturated heterocycles. The minimum Gasteiger partial charge on any atom is -0.393 e. The van der Waals surface area contributed by atoms with Gasteiger partial charge in [-0.15, -0.1) is 0 Å². The number of aliphatic hydroxyl groups excluding tert-OH is 1. The summed E-state index contributed by atoms with van der Waals surface area (Å²) in [5.41, 5.74) is 0. The summed E-state index contributed by atoms with van der Waals surface area (Å²) in [5.74, 6) is 3.08. The van der Waals surface area contributed by atoms with Crippen molar-refractivity contribution in [3.63, 3.8) is 0 Å². The van der Waals surface area contributed by atoms with Crippen molar-refractivity contribution in [2.75, 3.05) is 0 Å². The topological polar surface area (TPSA) is 32.8 Å². The standard InChI is InChI=1S/C9H12O2/c10-6-2-5-3-1-4(3)7(6)9-8(5)11-9/h3-10H,1-2H2. The van der Waals surface area contributed by atoms with Gasteiger partial charge in [0, 0.05) is 5.92 Å². The summed E-state index contributed by atoms with van der Waals surface area (Å²) in [5, 5.41) is 9.71. The maximum absolute atomic E-state index is 9.71. The van der Waals surface area contributed by atoms with Gasteiger partial charge in [-0.3, -0.25) is 0 Å². The molecule has 4 aliphatic carbocycles. The van der Waals surface area contributed by atoms with E-state index in [4.69, 9.17) is 4.74 Å². The van der Waals surface area contributed by atoms with Crippen LogP contribution < -0.4 is 0 Å². The molecule has 0 aromatic heterocycles. The Morgan fingerprint density at radius 3 is 2.73 bits per heavy atom. The van der Waals surface area contributed by atoms with Gasteiger partial charge in [-0.1, -0.05) is 0 Å². The summed E-state index contributed by atoms with van der Waals surface area (Å²) in [6.07, 6.45) is 3.46. The van der Waals surface area contributed by atoms with Crippen LogP contribution in [0.3, 0.4) is 0 Å². The van der Waals surface area contributed by atoms with Crippen molar-refractivity contribution in [1.82, 2.24) is 0 Å². The summed E-state index contributed by atoms with van der Waals surface area (Å²) in [6, 6.07) is 0. The molecule has 11 heavy (non-hydrogen) atoms. The smallest absolute Gasteiger partial charge is 0.0900 e. The van der Waals surface area contributed by atoms with Crippen LogP contribution in [0.5, 0.6) is 0 Å². The molecule has 1 N–H and O–H groups in total. The first-order valence-electron chi connectivity index (χ1n) is 4.70. The van der Waals surface area contributed by atoms with E-state index >= 15 is 0 Å². The molecule has 4 saturated carbocycles. The summed E-state index contributed by atoms with van der Waals surface area (Å²) in [7, 11) is 0. The van der Waals surface area contributed by atoms with E-state index in [0.29, 0.717) is 18.1 Å². The van der Waals surface area contributed by atoms with Gasteiger partial charge in [0.05, 0.1) is 18.3 Å². The highest BCUT2D eigenvalue weighted by atomic mass is 16.6. The van der Waals surface area contributed by atoms with Crippen molar-refractivity contribution in [2.24, 2.45) is 23.7 Å². The van der Waals surface area contributed by atoms with Gasteiger partial charge in [-0.25, -0.2) is 0 Å². The van der Waals surface area contributed by atoms with Gasteiger partial charge in [0.2, 0.25) is 0 Å². The Labute approximate surface area is 65.5 Å². The molecule has 60 valence electrons. The third-order valence-electron chi connectivity index (χ3n) is 4.26. The van der Waals surface area contributed by atoms with Gasteiger partial charge in [-0.05, 0) is 30.6 Å². The normalized spacial score (nSPS) is 75.5. The number of hydrogen-bond donors (Lipinski definition) is 1. The summed E-state index contributed by atoms with van der Waals surface area (Å²) >= 11 is 0. The highest BCUT2D eigenvalue weighted by Crippen LogP contribution is 2.68. The van der Waals surface area contributed by atoms with Crippen molar-refractivity contribution in [1.29, 1.82) is 0 Å². The van der Waals surface area contributed by atoms with Crippen LogP contribution in [-0.2, 0) is 4.74 Å². The lowest BCUT2D eigenvalue weighted by Gasteiger charge is -2.35. The second-order valence-corrected chi connectivity index (χ2v) is 4.67. The van der Waals surface area contributed by atoms with E-state index in [1.54, 1.807) is 0 Å². The summed E-state index contributed by atoms with van der Waals surface area (Å²) in [4.78, 5) is 0. The summed E-state index contributed by atoms with van der Waals surface area (Å²) < 4.78 is 5.58. The number of hydrogen-bond acceptors (Lipinski definition) is 2. The fraction of sp³-hybridized carbons (Fsp3) is 1.00. The number of rotatable bonds is 0. The van der Waals surface area contributed by atoms with E-state index in [-0.39, 0.29) is 6.10 Å². The monoisotopic (exact) mass is 152 g/mol. The largest absolute Gasteiger partial charge is 0.393 e. The predicted octanol–water partition coefficient (Wildman–Crippen LogP) is 0.400. The van der Waals surface area contributed by atoms with E-state index in [2.05, 4.69) is 0 Å². The van der Waals surface area contributed by atoms with Gasteiger partial charge in [0.1, 0.15) is 0 Å². The number of fused-ring (bicyclic) bond motifs is 1. The Morgan fingerprint density at radius 2 is 1.91 bits per heavy atom. The van der Waals surface area contributed by atoms with Crippen LogP contribution in [0.25, 0.3) is 0 Å². The Bertz CT molecular complexity index is 207. The van der Waals surface area contributed by atoms with Crippen LogP contribution in [0.2, 0.25) is 0 Å². The van der Waals surface area contributed by atoms with Crippen molar-refractivity contribution in [2.45, 2.75) is 31.2 Å². The highest BCUT2D eigenvalue weighted by Gasteiger charge is 2.71. The molecule has 0 amide bonds. The van der Waals surface area contributed by atoms with Gasteiger partial charge in [0.15, 0.2) is 0 Å². The lowest BCUT2D eigenvalue weighted by molar-refractivity contribution is 0.0132. The second kappa shape index (κ2) is 1.38. The average Bonchev–Trinajstić information content (AvgIpc) is 2.79. The molecule has 0 radical (unpaired) electrons. The lowest BCUT2D eigenvalue weighted by Crippen LogP contribution is -2.43. The SMILES string of the molecule is OC1CC2C3CC3C1C1OC21. The molecule has 2 nitrogen and oxygen atoms in total. The zero-order valence-electron chi connectivity index (χ0n) is 6.31. The predicted molar refractivity (Wildman–Crippen MR) is 37.9 cm³/mol. The van der Waals surface area contributed by atoms with E-state index in [0.717, 1.165) is 24.2 Å². The van der Waals surface area contributed by atoms with Crippen LogP contribution in [0.1, 0.15) is 12.8 Å². The number of epoxide rings is 1. The Balaban J connectivity index is 1.82. The Hall–Kier alpha value is -0.0800. The van der Waals surface area contributed by atoms with E-state index in [1.807, 2.05) is 0 Å². The molecule has 1 heterocycles. The van der Waals surface area contributed by atoms with Gasteiger partial charge in [0.25, 0.3) is 0 Å². The van der Waals surface area contributed by atoms with Crippen LogP contribution in [-0.4, -0.2) is 23.4 Å². The van der Waals surface area contributed by atoms with Crippen molar-refractivity contribution < 1.29 is 9.84 Å². The lowest BCUT2D eigenvalue weighted by atomic mass is 9.69. The third kappa shape index (κ3) is 0.482. The molecule has 7 atom stereocenters. The molecule has 5 aliphatic rings. The van der Waals surface area contributed by atoms with Crippen LogP contribution in [0.4, 0.5) is 0 Å². The number of aliphatic hydroxyl groups is 1. The fourth-order valence-corrected chi connectivity index (χ4v) is 3.70. The zero-order valence-corrected chi connectivity index (χ0v) is 6.31. The first-order valence-corrected chi connectivity index (χ1v) is 4.70. The maximum atomic E-state index is 9.71. The van der Waals surface area contributed by atoms with E-state index < -0.39 is 0 Å². The molecule has 7 unspecified atom stereocenters. The molecular formula is C9H12O2. The Morgan fingerprint density at radius 1 is 1.00 bits per heavy atom. The molecule has 5 fully saturated rings. The van der Waals surface area contributed by atoms with Gasteiger partial charge in [-0.2, -0.15) is 0 Å². The Kier molecular flexibility index (Phi) is 0.695. The zero-order chi connectivity index (χ0) is 7.16. The average molecular weight is 152 g/mol. The molecule has 0 aromatic rings. The molecule has 2 heteroatoms. The molecule has 2 bridgehead atoms. The fourth-order valence-electron chi connectivity index (χ4n) is 3.70. The van der Waals surface area contributed by atoms with Crippen molar-refractivity contribution in [3.8, 4) is 0 Å². The first kappa shape index (κ1) is 5.55. The quantitative estimate of drug-likeness (QED) is 0.510. The molecule has 0 aromatic carbocycles. The number of ether oxygens (including phenoxy) is 1. The first-order chi connectivity index (χ1) is 5.36. The van der Waals surface area contributed by atoms with Crippen molar-refractivity contribution >= 4 is 0 Å². The third-order valence-corrected chi connectivity index (χ3v) is 4.26. The highest BCUT2D eigenvalue weighted by molar-refractivity contribution is 5.18. The molecular weight excluding hydrogens is 140 g/mol.